The third-order valence-corrected chi connectivity index (χ3v) is 2.65. The van der Waals surface area contributed by atoms with Crippen molar-refractivity contribution < 1.29 is 9.53 Å². The Morgan fingerprint density at radius 3 is 2.63 bits per heavy atom. The Kier molecular flexibility index (Phi) is 4.77. The Labute approximate surface area is 121 Å². The molecule has 0 aliphatic carbocycles. The average Bonchev–Trinajstić information content (AvgIpc) is 2.36. The number of carbonyl (C=O) groups excluding carboxylic acids is 1. The van der Waals surface area contributed by atoms with Crippen LogP contribution in [0.15, 0.2) is 36.4 Å². The Hall–Kier alpha value is -1.59. The number of hydrogen-bond acceptors (Lipinski definition) is 4. The van der Waals surface area contributed by atoms with E-state index in [0.29, 0.717) is 5.59 Å². The van der Waals surface area contributed by atoms with E-state index in [0.717, 1.165) is 5.56 Å². The van der Waals surface area contributed by atoms with E-state index in [4.69, 9.17) is 27.9 Å². The largest absolute Gasteiger partial charge is 0.469 e. The number of hydrogen-bond donors (Lipinski definition) is 0. The molecule has 0 unspecified atom stereocenters. The molecule has 0 atom stereocenters. The van der Waals surface area contributed by atoms with Gasteiger partial charge in [-0.2, -0.15) is 0 Å². The van der Waals surface area contributed by atoms with Crippen LogP contribution in [-0.4, -0.2) is 23.1 Å². The van der Waals surface area contributed by atoms with Crippen molar-refractivity contribution in [1.82, 2.24) is 9.97 Å². The zero-order valence-corrected chi connectivity index (χ0v) is 11.4. The highest BCUT2D eigenvalue weighted by molar-refractivity contribution is 6.82. The normalized spacial score (nSPS) is 10.0. The van der Waals surface area contributed by atoms with Crippen LogP contribution in [0, 0.1) is 0 Å². The lowest BCUT2D eigenvalue weighted by molar-refractivity contribution is 0.166. The molecule has 1 aromatic carbocycles. The standard InChI is InChI=1S/C12H9BCl2N2O2/c14-10-6-9(16-12(15)17-10)13-11(18)19-7-8-4-2-1-3-5-8/h1-6,13H,7H2. The van der Waals surface area contributed by atoms with Crippen LogP contribution in [0.1, 0.15) is 5.56 Å². The highest BCUT2D eigenvalue weighted by atomic mass is 35.5. The molecule has 0 bridgehead atoms. The SMILES string of the molecule is O=C(Bc1cc(Cl)nc(Cl)n1)OCc1ccccc1. The van der Waals surface area contributed by atoms with Gasteiger partial charge in [-0.1, -0.05) is 41.9 Å². The summed E-state index contributed by atoms with van der Waals surface area (Å²) < 4.78 is 5.13. The summed E-state index contributed by atoms with van der Waals surface area (Å²) in [5, 5.41) is 0.212. The van der Waals surface area contributed by atoms with Crippen molar-refractivity contribution in [2.24, 2.45) is 0 Å². The second kappa shape index (κ2) is 6.54. The summed E-state index contributed by atoms with van der Waals surface area (Å²) in [6.07, 6.45) is 0. The first kappa shape index (κ1) is 13.8. The molecule has 0 spiro atoms. The lowest BCUT2D eigenvalue weighted by Crippen LogP contribution is -2.27. The summed E-state index contributed by atoms with van der Waals surface area (Å²) >= 11 is 11.4. The van der Waals surface area contributed by atoms with E-state index in [2.05, 4.69) is 9.97 Å². The van der Waals surface area contributed by atoms with Crippen LogP contribution in [-0.2, 0) is 11.3 Å². The molecule has 1 aromatic heterocycles. The van der Waals surface area contributed by atoms with E-state index in [1.807, 2.05) is 30.3 Å². The van der Waals surface area contributed by atoms with Gasteiger partial charge in [-0.15, -0.1) is 0 Å². The average molecular weight is 295 g/mol. The van der Waals surface area contributed by atoms with Crippen LogP contribution in [0.4, 0.5) is 4.79 Å². The molecule has 4 nitrogen and oxygen atoms in total. The summed E-state index contributed by atoms with van der Waals surface area (Å²) in [5.74, 6) is -0.394. The topological polar surface area (TPSA) is 52.1 Å². The number of benzene rings is 1. The van der Waals surface area contributed by atoms with Gasteiger partial charge in [0.05, 0.1) is 0 Å². The third-order valence-electron chi connectivity index (χ3n) is 2.29. The van der Waals surface area contributed by atoms with Crippen LogP contribution in [0.5, 0.6) is 0 Å². The molecule has 2 aromatic rings. The first-order valence-corrected chi connectivity index (χ1v) is 6.27. The Bertz CT molecular complexity index is 561. The molecular weight excluding hydrogens is 286 g/mol. The van der Waals surface area contributed by atoms with Gasteiger partial charge in [0.1, 0.15) is 11.8 Å². The quantitative estimate of drug-likeness (QED) is 0.493. The van der Waals surface area contributed by atoms with Crippen LogP contribution < -0.4 is 5.59 Å². The van der Waals surface area contributed by atoms with Crippen molar-refractivity contribution in [3.63, 3.8) is 0 Å². The molecule has 96 valence electrons. The van der Waals surface area contributed by atoms with Gasteiger partial charge in [-0.25, -0.2) is 9.97 Å². The minimum Gasteiger partial charge on any atom is -0.469 e. The molecule has 7 heteroatoms. The van der Waals surface area contributed by atoms with E-state index in [1.54, 1.807) is 0 Å². The van der Waals surface area contributed by atoms with Gasteiger partial charge < -0.3 is 4.74 Å². The molecule has 0 saturated heterocycles. The van der Waals surface area contributed by atoms with Crippen LogP contribution in [0.3, 0.4) is 0 Å². The van der Waals surface area contributed by atoms with E-state index < -0.39 is 5.87 Å². The molecular formula is C12H9BCl2N2O2. The number of nitrogens with zero attached hydrogens (tertiary/aromatic N) is 2. The number of rotatable bonds is 4. The van der Waals surface area contributed by atoms with Crippen molar-refractivity contribution >= 4 is 41.9 Å². The number of carbonyl (C=O) groups is 1. The van der Waals surface area contributed by atoms with E-state index in [1.165, 1.54) is 6.07 Å². The van der Waals surface area contributed by atoms with Crippen LogP contribution in [0.25, 0.3) is 0 Å². The van der Waals surface area contributed by atoms with E-state index in [9.17, 15) is 4.79 Å². The van der Waals surface area contributed by atoms with E-state index in [-0.39, 0.29) is 24.3 Å². The smallest absolute Gasteiger partial charge is 0.316 e. The minimum absolute atomic E-state index is 0.00872. The molecule has 0 aliphatic rings. The summed E-state index contributed by atoms with van der Waals surface area (Å²) in [7, 11) is 0.00872. The molecule has 0 N–H and O–H groups in total. The second-order valence-corrected chi connectivity index (χ2v) is 4.50. The summed E-state index contributed by atoms with van der Waals surface area (Å²) in [6, 6.07) is 10.9. The van der Waals surface area contributed by atoms with Gasteiger partial charge in [-0.05, 0) is 23.2 Å². The fraction of sp³-hybridized carbons (Fsp3) is 0.0833. The van der Waals surface area contributed by atoms with Crippen LogP contribution >= 0.6 is 23.2 Å². The number of aromatic nitrogens is 2. The van der Waals surface area contributed by atoms with Gasteiger partial charge in [0.25, 0.3) is 5.87 Å². The van der Waals surface area contributed by atoms with Crippen molar-refractivity contribution in [2.75, 3.05) is 0 Å². The van der Waals surface area contributed by atoms with E-state index >= 15 is 0 Å². The molecule has 0 radical (unpaired) electrons. The molecule has 0 amide bonds. The zero-order valence-electron chi connectivity index (χ0n) is 9.85. The van der Waals surface area contributed by atoms with Gasteiger partial charge >= 0.3 is 7.28 Å². The lowest BCUT2D eigenvalue weighted by Gasteiger charge is -2.04. The van der Waals surface area contributed by atoms with Gasteiger partial charge in [0, 0.05) is 5.59 Å². The van der Waals surface area contributed by atoms with Crippen molar-refractivity contribution in [2.45, 2.75) is 6.61 Å². The summed E-state index contributed by atoms with van der Waals surface area (Å²) in [4.78, 5) is 19.2. The van der Waals surface area contributed by atoms with Gasteiger partial charge in [0.2, 0.25) is 5.28 Å². The fourth-order valence-corrected chi connectivity index (χ4v) is 1.91. The molecule has 19 heavy (non-hydrogen) atoms. The summed E-state index contributed by atoms with van der Waals surface area (Å²) in [5.41, 5.74) is 1.36. The maximum absolute atomic E-state index is 11.6. The second-order valence-electron chi connectivity index (χ2n) is 3.77. The minimum atomic E-state index is -0.394. The predicted octanol–water partition coefficient (Wildman–Crippen LogP) is 2.18. The Morgan fingerprint density at radius 1 is 1.21 bits per heavy atom. The Morgan fingerprint density at radius 2 is 1.95 bits per heavy atom. The third kappa shape index (κ3) is 4.54. The monoisotopic (exact) mass is 294 g/mol. The molecule has 0 aliphatic heterocycles. The highest BCUT2D eigenvalue weighted by Crippen LogP contribution is 2.05. The Balaban J connectivity index is 1.91. The summed E-state index contributed by atoms with van der Waals surface area (Å²) in [6.45, 7) is 0.228. The highest BCUT2D eigenvalue weighted by Gasteiger charge is 2.11. The predicted molar refractivity (Wildman–Crippen MR) is 75.5 cm³/mol. The maximum Gasteiger partial charge on any atom is 0.316 e. The molecule has 2 rings (SSSR count). The van der Waals surface area contributed by atoms with Gasteiger partial charge in [-0.3, -0.25) is 4.79 Å². The molecule has 0 saturated carbocycles. The maximum atomic E-state index is 11.6. The number of ether oxygens (including phenoxy) is 1. The zero-order chi connectivity index (χ0) is 13.7. The first-order valence-electron chi connectivity index (χ1n) is 5.52. The van der Waals surface area contributed by atoms with Crippen molar-refractivity contribution in [3.05, 3.63) is 52.4 Å². The number of halogens is 2. The molecule has 0 fully saturated rings. The fourth-order valence-electron chi connectivity index (χ4n) is 1.46. The molecule has 1 heterocycles. The van der Waals surface area contributed by atoms with Crippen molar-refractivity contribution in [3.8, 4) is 0 Å². The van der Waals surface area contributed by atoms with Gasteiger partial charge in [0.15, 0.2) is 0 Å². The van der Waals surface area contributed by atoms with Crippen LogP contribution in [0.2, 0.25) is 10.4 Å². The first-order chi connectivity index (χ1) is 9.13. The van der Waals surface area contributed by atoms with Crippen molar-refractivity contribution in [1.29, 1.82) is 0 Å². The lowest BCUT2D eigenvalue weighted by atomic mass is 9.74.